The van der Waals surface area contributed by atoms with Gasteiger partial charge in [0.15, 0.2) is 0 Å². The molecule has 2 amide bonds. The van der Waals surface area contributed by atoms with Crippen molar-refractivity contribution in [2.75, 3.05) is 25.0 Å². The molecule has 21 heavy (non-hydrogen) atoms. The van der Waals surface area contributed by atoms with Crippen molar-refractivity contribution in [1.29, 1.82) is 0 Å². The Morgan fingerprint density at radius 3 is 2.57 bits per heavy atom. The van der Waals surface area contributed by atoms with Crippen molar-refractivity contribution in [2.45, 2.75) is 26.2 Å². The first-order valence-corrected chi connectivity index (χ1v) is 7.14. The highest BCUT2D eigenvalue weighted by molar-refractivity contribution is 5.73. The first-order chi connectivity index (χ1) is 10.1. The predicted molar refractivity (Wildman–Crippen MR) is 82.5 cm³/mol. The van der Waals surface area contributed by atoms with Crippen molar-refractivity contribution in [3.05, 3.63) is 34.4 Å². The number of nitrogens with zero attached hydrogens (tertiary/aromatic N) is 1. The molecule has 1 aromatic rings. The van der Waals surface area contributed by atoms with Gasteiger partial charge in [-0.15, -0.1) is 0 Å². The molecule has 0 saturated carbocycles. The van der Waals surface area contributed by atoms with E-state index in [0.717, 1.165) is 19.3 Å². The average molecular weight is 294 g/mol. The molecular formula is C14H22N4O3. The van der Waals surface area contributed by atoms with Crippen LogP contribution in [0.1, 0.15) is 26.2 Å². The summed E-state index contributed by atoms with van der Waals surface area (Å²) in [5.74, 6) is 0. The summed E-state index contributed by atoms with van der Waals surface area (Å²) in [6, 6.07) is 6.21. The van der Waals surface area contributed by atoms with Crippen LogP contribution in [-0.2, 0) is 0 Å². The minimum absolute atomic E-state index is 0.0292. The fourth-order valence-electron chi connectivity index (χ4n) is 1.79. The Morgan fingerprint density at radius 1 is 1.14 bits per heavy atom. The number of amides is 2. The van der Waals surface area contributed by atoms with E-state index in [2.05, 4.69) is 22.9 Å². The highest BCUT2D eigenvalue weighted by Gasteiger charge is 2.11. The predicted octanol–water partition coefficient (Wildman–Crippen LogP) is 2.50. The quantitative estimate of drug-likeness (QED) is 0.370. The third-order valence-electron chi connectivity index (χ3n) is 2.89. The number of para-hydroxylation sites is 2. The van der Waals surface area contributed by atoms with Gasteiger partial charge in [-0.1, -0.05) is 31.9 Å². The SMILES string of the molecule is CCCCCNC(=O)NCCNc1ccccc1[N+](=O)[O-]. The molecule has 0 atom stereocenters. The first-order valence-electron chi connectivity index (χ1n) is 7.14. The molecule has 0 aliphatic rings. The summed E-state index contributed by atoms with van der Waals surface area (Å²) < 4.78 is 0. The highest BCUT2D eigenvalue weighted by atomic mass is 16.6. The van der Waals surface area contributed by atoms with E-state index in [1.54, 1.807) is 18.2 Å². The van der Waals surface area contributed by atoms with Crippen LogP contribution in [0.4, 0.5) is 16.2 Å². The van der Waals surface area contributed by atoms with Gasteiger partial charge >= 0.3 is 6.03 Å². The smallest absolute Gasteiger partial charge is 0.314 e. The Hall–Kier alpha value is -2.31. The van der Waals surface area contributed by atoms with Gasteiger partial charge in [0.05, 0.1) is 4.92 Å². The summed E-state index contributed by atoms with van der Waals surface area (Å²) in [5.41, 5.74) is 0.481. The summed E-state index contributed by atoms with van der Waals surface area (Å²) in [7, 11) is 0. The molecule has 7 heteroatoms. The van der Waals surface area contributed by atoms with Gasteiger partial charge in [-0.05, 0) is 12.5 Å². The minimum Gasteiger partial charge on any atom is -0.378 e. The molecule has 0 saturated heterocycles. The zero-order chi connectivity index (χ0) is 15.5. The largest absolute Gasteiger partial charge is 0.378 e. The Labute approximate surface area is 124 Å². The van der Waals surface area contributed by atoms with E-state index in [-0.39, 0.29) is 11.7 Å². The van der Waals surface area contributed by atoms with E-state index < -0.39 is 4.92 Å². The van der Waals surface area contributed by atoms with Gasteiger partial charge in [-0.3, -0.25) is 10.1 Å². The molecule has 1 aromatic carbocycles. The molecule has 116 valence electrons. The number of rotatable bonds is 9. The molecule has 3 N–H and O–H groups in total. The van der Waals surface area contributed by atoms with Crippen LogP contribution in [0.3, 0.4) is 0 Å². The van der Waals surface area contributed by atoms with Gasteiger partial charge in [0.25, 0.3) is 5.69 Å². The third-order valence-corrected chi connectivity index (χ3v) is 2.89. The molecule has 1 rings (SSSR count). The van der Waals surface area contributed by atoms with Crippen LogP contribution < -0.4 is 16.0 Å². The number of hydrogen-bond donors (Lipinski definition) is 3. The molecule has 0 unspecified atom stereocenters. The number of unbranched alkanes of at least 4 members (excludes halogenated alkanes) is 2. The number of nitro groups is 1. The number of urea groups is 1. The maximum absolute atomic E-state index is 11.4. The summed E-state index contributed by atoms with van der Waals surface area (Å²) in [6.45, 7) is 3.59. The van der Waals surface area contributed by atoms with Crippen molar-refractivity contribution in [1.82, 2.24) is 10.6 Å². The Bertz CT molecular complexity index is 465. The third kappa shape index (κ3) is 6.60. The topological polar surface area (TPSA) is 96.3 Å². The van der Waals surface area contributed by atoms with Crippen molar-refractivity contribution >= 4 is 17.4 Å². The molecule has 0 spiro atoms. The Morgan fingerprint density at radius 2 is 1.86 bits per heavy atom. The zero-order valence-corrected chi connectivity index (χ0v) is 12.2. The van der Waals surface area contributed by atoms with Crippen LogP contribution in [-0.4, -0.2) is 30.6 Å². The second-order valence-electron chi connectivity index (χ2n) is 4.59. The van der Waals surface area contributed by atoms with Crippen molar-refractivity contribution < 1.29 is 9.72 Å². The Balaban J connectivity index is 2.22. The van der Waals surface area contributed by atoms with Crippen LogP contribution in [0, 0.1) is 10.1 Å². The summed E-state index contributed by atoms with van der Waals surface area (Å²) >= 11 is 0. The lowest BCUT2D eigenvalue weighted by Gasteiger charge is -2.09. The average Bonchev–Trinajstić information content (AvgIpc) is 2.48. The highest BCUT2D eigenvalue weighted by Crippen LogP contribution is 2.22. The fraction of sp³-hybridized carbons (Fsp3) is 0.500. The van der Waals surface area contributed by atoms with E-state index in [1.807, 2.05) is 0 Å². The van der Waals surface area contributed by atoms with E-state index >= 15 is 0 Å². The molecule has 0 aliphatic heterocycles. The summed E-state index contributed by atoms with van der Waals surface area (Å²) in [5, 5.41) is 19.2. The number of carbonyl (C=O) groups is 1. The molecule has 0 aliphatic carbocycles. The van der Waals surface area contributed by atoms with Crippen LogP contribution >= 0.6 is 0 Å². The van der Waals surface area contributed by atoms with Crippen LogP contribution in [0.2, 0.25) is 0 Å². The zero-order valence-electron chi connectivity index (χ0n) is 12.2. The molecule has 0 bridgehead atoms. The van der Waals surface area contributed by atoms with Gasteiger partial charge in [0.1, 0.15) is 5.69 Å². The monoisotopic (exact) mass is 294 g/mol. The number of nitrogens with one attached hydrogen (secondary N) is 3. The maximum atomic E-state index is 11.4. The normalized spacial score (nSPS) is 9.95. The van der Waals surface area contributed by atoms with Gasteiger partial charge in [0.2, 0.25) is 0 Å². The van der Waals surface area contributed by atoms with E-state index in [1.165, 1.54) is 6.07 Å². The summed E-state index contributed by atoms with van der Waals surface area (Å²) in [4.78, 5) is 21.8. The molecule has 0 aromatic heterocycles. The van der Waals surface area contributed by atoms with E-state index in [4.69, 9.17) is 0 Å². The summed E-state index contributed by atoms with van der Waals surface area (Å²) in [6.07, 6.45) is 3.18. The number of hydrogen-bond acceptors (Lipinski definition) is 4. The molecule has 7 nitrogen and oxygen atoms in total. The standard InChI is InChI=1S/C14H22N4O3/c1-2-3-6-9-16-14(19)17-11-10-15-12-7-4-5-8-13(12)18(20)21/h4-5,7-8,15H,2-3,6,9-11H2,1H3,(H2,16,17,19). The van der Waals surface area contributed by atoms with Gasteiger partial charge in [0, 0.05) is 25.7 Å². The van der Waals surface area contributed by atoms with Crippen molar-refractivity contribution in [3.8, 4) is 0 Å². The molecule has 0 heterocycles. The van der Waals surface area contributed by atoms with Gasteiger partial charge in [-0.2, -0.15) is 0 Å². The van der Waals surface area contributed by atoms with E-state index in [0.29, 0.717) is 25.3 Å². The minimum atomic E-state index is -0.434. The maximum Gasteiger partial charge on any atom is 0.314 e. The van der Waals surface area contributed by atoms with Crippen LogP contribution in [0.25, 0.3) is 0 Å². The number of benzene rings is 1. The van der Waals surface area contributed by atoms with Crippen molar-refractivity contribution in [2.24, 2.45) is 0 Å². The number of carbonyl (C=O) groups excluding carboxylic acids is 1. The molecular weight excluding hydrogens is 272 g/mol. The lowest BCUT2D eigenvalue weighted by molar-refractivity contribution is -0.384. The second-order valence-corrected chi connectivity index (χ2v) is 4.59. The number of nitro benzene ring substituents is 1. The fourth-order valence-corrected chi connectivity index (χ4v) is 1.79. The second kappa shape index (κ2) is 9.57. The number of anilines is 1. The van der Waals surface area contributed by atoms with Gasteiger partial charge in [-0.25, -0.2) is 4.79 Å². The van der Waals surface area contributed by atoms with Crippen LogP contribution in [0.5, 0.6) is 0 Å². The van der Waals surface area contributed by atoms with Crippen molar-refractivity contribution in [3.63, 3.8) is 0 Å². The lowest BCUT2D eigenvalue weighted by atomic mass is 10.2. The first kappa shape index (κ1) is 16.7. The molecule has 0 radical (unpaired) electrons. The molecule has 0 fully saturated rings. The Kier molecular flexibility index (Phi) is 7.63. The van der Waals surface area contributed by atoms with Gasteiger partial charge < -0.3 is 16.0 Å². The van der Waals surface area contributed by atoms with Crippen LogP contribution in [0.15, 0.2) is 24.3 Å². The lowest BCUT2D eigenvalue weighted by Crippen LogP contribution is -2.38. The van der Waals surface area contributed by atoms with E-state index in [9.17, 15) is 14.9 Å².